The fraction of sp³-hybridized carbons (Fsp3) is 0.545. The molecule has 1 aliphatic heterocycles. The van der Waals surface area contributed by atoms with Crippen molar-refractivity contribution in [2.24, 2.45) is 0 Å². The third-order valence-electron chi connectivity index (χ3n) is 2.52. The predicted octanol–water partition coefficient (Wildman–Crippen LogP) is 3.26. The van der Waals surface area contributed by atoms with E-state index in [0.717, 1.165) is 12.3 Å². The zero-order valence-corrected chi connectivity index (χ0v) is 11.7. The summed E-state index contributed by atoms with van der Waals surface area (Å²) >= 11 is 9.45. The number of alkyl halides is 1. The Morgan fingerprint density at radius 3 is 2.94 bits per heavy atom. The second-order valence-electron chi connectivity index (χ2n) is 3.82. The molecule has 0 bridgehead atoms. The van der Waals surface area contributed by atoms with Gasteiger partial charge in [0.2, 0.25) is 5.91 Å². The van der Waals surface area contributed by atoms with Crippen molar-refractivity contribution < 1.29 is 4.79 Å². The number of carbonyl (C=O) groups is 1. The summed E-state index contributed by atoms with van der Waals surface area (Å²) in [4.78, 5) is 16.4. The Labute approximate surface area is 109 Å². The molecule has 1 amide bonds. The first kappa shape index (κ1) is 12.3. The van der Waals surface area contributed by atoms with Crippen LogP contribution in [0.3, 0.4) is 0 Å². The number of carbonyl (C=O) groups excluding carboxylic acids is 1. The molecular formula is C11H14ClNOS2. The maximum absolute atomic E-state index is 11.9. The molecular weight excluding hydrogens is 262 g/mol. The molecule has 2 rings (SSSR count). The lowest BCUT2D eigenvalue weighted by atomic mass is 10.3. The number of thioether (sulfide) groups is 1. The van der Waals surface area contributed by atoms with Crippen LogP contribution in [-0.2, 0) is 4.79 Å². The molecule has 1 aliphatic rings. The van der Waals surface area contributed by atoms with Crippen molar-refractivity contribution >= 4 is 40.6 Å². The van der Waals surface area contributed by atoms with E-state index in [4.69, 9.17) is 11.6 Å². The lowest BCUT2D eigenvalue weighted by Gasteiger charge is -2.23. The minimum Gasteiger partial charge on any atom is -0.324 e. The molecule has 88 valence electrons. The molecule has 5 heteroatoms. The van der Waals surface area contributed by atoms with Crippen LogP contribution in [0.25, 0.3) is 0 Å². The molecule has 1 saturated heterocycles. The van der Waals surface area contributed by atoms with E-state index in [1.165, 1.54) is 9.75 Å². The van der Waals surface area contributed by atoms with E-state index in [-0.39, 0.29) is 11.3 Å². The first-order valence-electron chi connectivity index (χ1n) is 5.22. The third-order valence-corrected chi connectivity index (χ3v) is 5.15. The molecule has 0 N–H and O–H groups in total. The van der Waals surface area contributed by atoms with Crippen molar-refractivity contribution in [3.8, 4) is 0 Å². The van der Waals surface area contributed by atoms with Gasteiger partial charge in [-0.1, -0.05) is 0 Å². The normalized spacial score (nSPS) is 22.4. The Bertz CT molecular complexity index is 391. The van der Waals surface area contributed by atoms with Gasteiger partial charge >= 0.3 is 0 Å². The van der Waals surface area contributed by atoms with Crippen LogP contribution in [0.4, 0.5) is 0 Å². The highest BCUT2D eigenvalue weighted by molar-refractivity contribution is 7.99. The molecule has 0 radical (unpaired) electrons. The Kier molecular flexibility index (Phi) is 3.82. The highest BCUT2D eigenvalue weighted by atomic mass is 35.5. The summed E-state index contributed by atoms with van der Waals surface area (Å²) in [5.41, 5.74) is 0. The molecule has 2 atom stereocenters. The monoisotopic (exact) mass is 275 g/mol. The van der Waals surface area contributed by atoms with Crippen molar-refractivity contribution in [3.05, 3.63) is 21.9 Å². The molecule has 2 nitrogen and oxygen atoms in total. The van der Waals surface area contributed by atoms with Crippen LogP contribution in [0, 0.1) is 6.92 Å². The van der Waals surface area contributed by atoms with Crippen molar-refractivity contribution in [1.82, 2.24) is 4.90 Å². The topological polar surface area (TPSA) is 20.3 Å². The minimum atomic E-state index is -0.428. The largest absolute Gasteiger partial charge is 0.324 e. The average molecular weight is 276 g/mol. The van der Waals surface area contributed by atoms with Gasteiger partial charge in [0.15, 0.2) is 0 Å². The summed E-state index contributed by atoms with van der Waals surface area (Å²) in [6.45, 7) is 4.63. The van der Waals surface area contributed by atoms with Gasteiger partial charge in [0.05, 0.1) is 0 Å². The summed E-state index contributed by atoms with van der Waals surface area (Å²) in [6.07, 6.45) is 0. The van der Waals surface area contributed by atoms with Gasteiger partial charge in [-0.3, -0.25) is 4.79 Å². The maximum Gasteiger partial charge on any atom is 0.241 e. The van der Waals surface area contributed by atoms with Crippen LogP contribution in [0.5, 0.6) is 0 Å². The molecule has 0 aliphatic carbocycles. The minimum absolute atomic E-state index is 0.0442. The molecule has 0 unspecified atom stereocenters. The van der Waals surface area contributed by atoms with Crippen LogP contribution in [0.2, 0.25) is 0 Å². The van der Waals surface area contributed by atoms with Gasteiger partial charge in [-0.2, -0.15) is 0 Å². The zero-order valence-electron chi connectivity index (χ0n) is 9.27. The van der Waals surface area contributed by atoms with Crippen LogP contribution in [0.1, 0.15) is 22.1 Å². The lowest BCUT2D eigenvalue weighted by molar-refractivity contribution is -0.130. The molecule has 1 fully saturated rings. The van der Waals surface area contributed by atoms with Crippen molar-refractivity contribution in [2.45, 2.75) is 24.6 Å². The Morgan fingerprint density at radius 2 is 2.38 bits per heavy atom. The highest BCUT2D eigenvalue weighted by Crippen LogP contribution is 2.41. The summed E-state index contributed by atoms with van der Waals surface area (Å²) < 4.78 is 0. The standard InChI is InChI=1S/C11H14ClNOS2/c1-7-3-4-9(16-7)11-13(5-6-15-11)10(14)8(2)12/h3-4,8,11H,5-6H2,1-2H3/t8-,11-/m1/s1. The molecule has 1 aromatic heterocycles. The van der Waals surface area contributed by atoms with E-state index in [2.05, 4.69) is 19.1 Å². The SMILES string of the molecule is Cc1ccc([C@H]2SCCN2C(=O)[C@@H](C)Cl)s1. The second-order valence-corrected chi connectivity index (χ2v) is 6.98. The first-order valence-corrected chi connectivity index (χ1v) is 7.52. The highest BCUT2D eigenvalue weighted by Gasteiger charge is 2.33. The van der Waals surface area contributed by atoms with E-state index >= 15 is 0 Å². The summed E-state index contributed by atoms with van der Waals surface area (Å²) in [5.74, 6) is 1.04. The predicted molar refractivity (Wildman–Crippen MR) is 71.3 cm³/mol. The van der Waals surface area contributed by atoms with Crippen LogP contribution < -0.4 is 0 Å². The fourth-order valence-electron chi connectivity index (χ4n) is 1.75. The van der Waals surface area contributed by atoms with Crippen molar-refractivity contribution in [2.75, 3.05) is 12.3 Å². The van der Waals surface area contributed by atoms with Gasteiger partial charge in [0, 0.05) is 22.1 Å². The zero-order chi connectivity index (χ0) is 11.7. The Balaban J connectivity index is 2.18. The first-order chi connectivity index (χ1) is 7.59. The molecule has 0 spiro atoms. The van der Waals surface area contributed by atoms with E-state index in [1.54, 1.807) is 18.3 Å². The van der Waals surface area contributed by atoms with Crippen molar-refractivity contribution in [1.29, 1.82) is 0 Å². The van der Waals surface area contributed by atoms with Gasteiger partial charge in [0.25, 0.3) is 0 Å². The van der Waals surface area contributed by atoms with Gasteiger partial charge in [-0.25, -0.2) is 0 Å². The number of rotatable bonds is 2. The van der Waals surface area contributed by atoms with Crippen LogP contribution in [0.15, 0.2) is 12.1 Å². The van der Waals surface area contributed by atoms with E-state index in [0.29, 0.717) is 0 Å². The van der Waals surface area contributed by atoms with E-state index in [1.807, 2.05) is 16.7 Å². The number of aryl methyl sites for hydroxylation is 1. The molecule has 1 aromatic rings. The number of thiophene rings is 1. The number of amides is 1. The number of hydrogen-bond donors (Lipinski definition) is 0. The van der Waals surface area contributed by atoms with E-state index < -0.39 is 5.38 Å². The van der Waals surface area contributed by atoms with Gasteiger partial charge < -0.3 is 4.90 Å². The number of halogens is 1. The quantitative estimate of drug-likeness (QED) is 0.772. The Morgan fingerprint density at radius 1 is 1.62 bits per heavy atom. The molecule has 0 saturated carbocycles. The summed E-state index contributed by atoms with van der Waals surface area (Å²) in [5, 5.41) is -0.255. The van der Waals surface area contributed by atoms with Gasteiger partial charge in [-0.05, 0) is 26.0 Å². The maximum atomic E-state index is 11.9. The smallest absolute Gasteiger partial charge is 0.241 e. The fourth-order valence-corrected chi connectivity index (χ4v) is 4.25. The summed E-state index contributed by atoms with van der Waals surface area (Å²) in [6, 6.07) is 4.22. The van der Waals surface area contributed by atoms with Crippen LogP contribution in [-0.4, -0.2) is 28.5 Å². The Hall–Kier alpha value is -0.190. The van der Waals surface area contributed by atoms with Gasteiger partial charge in [0.1, 0.15) is 10.8 Å². The molecule has 0 aromatic carbocycles. The summed E-state index contributed by atoms with van der Waals surface area (Å²) in [7, 11) is 0. The second kappa shape index (κ2) is 4.98. The third kappa shape index (κ3) is 2.39. The molecule has 2 heterocycles. The van der Waals surface area contributed by atoms with Crippen molar-refractivity contribution in [3.63, 3.8) is 0 Å². The van der Waals surface area contributed by atoms with Crippen LogP contribution >= 0.6 is 34.7 Å². The van der Waals surface area contributed by atoms with Gasteiger partial charge in [-0.15, -0.1) is 34.7 Å². The average Bonchev–Trinajstić information content (AvgIpc) is 2.83. The lowest BCUT2D eigenvalue weighted by Crippen LogP contribution is -2.34. The van der Waals surface area contributed by atoms with E-state index in [9.17, 15) is 4.79 Å². The number of nitrogens with zero attached hydrogens (tertiary/aromatic N) is 1. The molecule has 16 heavy (non-hydrogen) atoms. The number of hydrogen-bond acceptors (Lipinski definition) is 3.